The Labute approximate surface area is 253 Å². The van der Waals surface area contributed by atoms with Crippen LogP contribution in [-0.2, 0) is 23.1 Å². The Balaban J connectivity index is 1.17. The fourth-order valence-electron chi connectivity index (χ4n) is 4.96. The highest BCUT2D eigenvalue weighted by Crippen LogP contribution is 2.37. The van der Waals surface area contributed by atoms with Gasteiger partial charge in [-0.2, -0.15) is 9.78 Å². The molecule has 0 bridgehead atoms. The summed E-state index contributed by atoms with van der Waals surface area (Å²) in [5, 5.41) is 15.9. The molecule has 7 nitrogen and oxygen atoms in total. The van der Waals surface area contributed by atoms with Crippen LogP contribution in [-0.4, -0.2) is 38.1 Å². The van der Waals surface area contributed by atoms with Gasteiger partial charge in [-0.3, -0.25) is 4.79 Å². The van der Waals surface area contributed by atoms with Gasteiger partial charge in [-0.25, -0.2) is 0 Å². The summed E-state index contributed by atoms with van der Waals surface area (Å²) in [4.78, 5) is 13.2. The molecule has 1 aliphatic heterocycles. The minimum Gasteiger partial charge on any atom is -0.481 e. The number of carbonyl (C=O) groups is 1. The van der Waals surface area contributed by atoms with Crippen molar-refractivity contribution in [1.82, 2.24) is 20.2 Å². The van der Waals surface area contributed by atoms with E-state index in [0.29, 0.717) is 17.4 Å². The Morgan fingerprint density at radius 3 is 1.98 bits per heavy atom. The maximum Gasteiger partial charge on any atom is 0.261 e. The number of alkyl halides is 1. The van der Waals surface area contributed by atoms with Gasteiger partial charge < -0.3 is 10.1 Å². The van der Waals surface area contributed by atoms with Gasteiger partial charge in [-0.1, -0.05) is 80.6 Å². The van der Waals surface area contributed by atoms with E-state index >= 15 is 0 Å². The third kappa shape index (κ3) is 6.12. The normalized spacial score (nSPS) is 15.6. The van der Waals surface area contributed by atoms with Crippen molar-refractivity contribution in [1.29, 1.82) is 0 Å². The standard InChI is InChI=1S/C34H38ClN5O2/c1-22-29(35)30-37-38-32(40(30)39-22)33(3,4)34(5,6)36-31(41)23(2)42-28-18-16-27(17-19-28)21-26-14-12-25(13-15-26)20-24-10-8-7-9-11-24/h7-19,23,29H,20-21H2,1-6H3,(H,36,41). The number of hydrogen-bond donors (Lipinski definition) is 1. The topological polar surface area (TPSA) is 81.4 Å². The lowest BCUT2D eigenvalue weighted by Gasteiger charge is -2.41. The van der Waals surface area contributed by atoms with Gasteiger partial charge in [0.05, 0.1) is 5.71 Å². The second-order valence-electron chi connectivity index (χ2n) is 12.1. The van der Waals surface area contributed by atoms with Crippen molar-refractivity contribution in [2.45, 2.75) is 76.8 Å². The first-order chi connectivity index (χ1) is 19.9. The molecule has 8 heteroatoms. The Bertz CT molecular complexity index is 1570. The average Bonchev–Trinajstić information content (AvgIpc) is 3.50. The Morgan fingerprint density at radius 1 is 0.881 bits per heavy atom. The largest absolute Gasteiger partial charge is 0.481 e. The molecule has 1 aromatic heterocycles. The lowest BCUT2D eigenvalue weighted by Crippen LogP contribution is -2.59. The molecule has 2 atom stereocenters. The van der Waals surface area contributed by atoms with Gasteiger partial charge in [0.2, 0.25) is 0 Å². The van der Waals surface area contributed by atoms with E-state index in [1.54, 1.807) is 11.6 Å². The molecule has 5 rings (SSSR count). The Hall–Kier alpha value is -3.97. The second kappa shape index (κ2) is 11.7. The second-order valence-corrected chi connectivity index (χ2v) is 12.5. The summed E-state index contributed by atoms with van der Waals surface area (Å²) in [6, 6.07) is 27.2. The number of nitrogens with zero attached hydrogens (tertiary/aromatic N) is 4. The number of benzene rings is 3. The lowest BCUT2D eigenvalue weighted by atomic mass is 9.73. The summed E-state index contributed by atoms with van der Waals surface area (Å²) in [7, 11) is 0. The molecule has 0 spiro atoms. The third-order valence-electron chi connectivity index (χ3n) is 8.36. The lowest BCUT2D eigenvalue weighted by molar-refractivity contribution is -0.129. The van der Waals surface area contributed by atoms with E-state index in [0.717, 1.165) is 18.6 Å². The average molecular weight is 584 g/mol. The highest BCUT2D eigenvalue weighted by atomic mass is 35.5. The quantitative estimate of drug-likeness (QED) is 0.213. The van der Waals surface area contributed by atoms with Crippen LogP contribution in [0.2, 0.25) is 0 Å². The van der Waals surface area contributed by atoms with E-state index in [1.165, 1.54) is 22.3 Å². The number of hydrogen-bond acceptors (Lipinski definition) is 5. The highest BCUT2D eigenvalue weighted by molar-refractivity contribution is 6.31. The monoisotopic (exact) mass is 583 g/mol. The molecule has 0 aliphatic carbocycles. The zero-order valence-electron chi connectivity index (χ0n) is 25.1. The predicted octanol–water partition coefficient (Wildman–Crippen LogP) is 6.62. The number of halogens is 1. The number of rotatable bonds is 10. The van der Waals surface area contributed by atoms with Gasteiger partial charge in [0.1, 0.15) is 11.1 Å². The van der Waals surface area contributed by atoms with Gasteiger partial charge in [0.15, 0.2) is 17.8 Å². The van der Waals surface area contributed by atoms with Crippen LogP contribution in [0.1, 0.15) is 80.8 Å². The van der Waals surface area contributed by atoms with Gasteiger partial charge >= 0.3 is 0 Å². The molecule has 0 saturated heterocycles. The van der Waals surface area contributed by atoms with Crippen molar-refractivity contribution >= 4 is 23.2 Å². The van der Waals surface area contributed by atoms with Crippen LogP contribution in [0.4, 0.5) is 0 Å². The fourth-order valence-corrected chi connectivity index (χ4v) is 5.14. The van der Waals surface area contributed by atoms with E-state index in [-0.39, 0.29) is 5.91 Å². The van der Waals surface area contributed by atoms with Crippen LogP contribution >= 0.6 is 11.6 Å². The molecule has 1 aliphatic rings. The van der Waals surface area contributed by atoms with Crippen molar-refractivity contribution in [3.05, 3.63) is 113 Å². The molecule has 2 unspecified atom stereocenters. The van der Waals surface area contributed by atoms with Crippen LogP contribution in [0.3, 0.4) is 0 Å². The smallest absolute Gasteiger partial charge is 0.261 e. The molecule has 42 heavy (non-hydrogen) atoms. The van der Waals surface area contributed by atoms with Crippen molar-refractivity contribution in [3.8, 4) is 5.75 Å². The molecule has 3 aromatic carbocycles. The van der Waals surface area contributed by atoms with E-state index < -0.39 is 22.4 Å². The summed E-state index contributed by atoms with van der Waals surface area (Å²) >= 11 is 6.41. The Morgan fingerprint density at radius 2 is 1.40 bits per heavy atom. The van der Waals surface area contributed by atoms with Gasteiger partial charge in [0.25, 0.3) is 5.91 Å². The molecule has 0 radical (unpaired) electrons. The van der Waals surface area contributed by atoms with E-state index in [4.69, 9.17) is 16.3 Å². The van der Waals surface area contributed by atoms with Crippen molar-refractivity contribution in [2.24, 2.45) is 5.10 Å². The summed E-state index contributed by atoms with van der Waals surface area (Å²) in [6.45, 7) is 11.6. The maximum atomic E-state index is 13.2. The SMILES string of the molecule is CC1=Nn2c(nnc2C(C)(C)C(C)(C)NC(=O)C(C)Oc2ccc(Cc3ccc(Cc4ccccc4)cc3)cc2)C1Cl. The summed E-state index contributed by atoms with van der Waals surface area (Å²) in [5.41, 5.74) is 4.49. The predicted molar refractivity (Wildman–Crippen MR) is 167 cm³/mol. The van der Waals surface area contributed by atoms with Crippen molar-refractivity contribution in [3.63, 3.8) is 0 Å². The van der Waals surface area contributed by atoms with E-state index in [9.17, 15) is 4.79 Å². The molecule has 4 aromatic rings. The number of fused-ring (bicyclic) bond motifs is 1. The zero-order valence-corrected chi connectivity index (χ0v) is 25.8. The first-order valence-electron chi connectivity index (χ1n) is 14.3. The van der Waals surface area contributed by atoms with Crippen molar-refractivity contribution in [2.75, 3.05) is 0 Å². The molecular formula is C34H38ClN5O2. The maximum absolute atomic E-state index is 13.2. The number of amides is 1. The van der Waals surface area contributed by atoms with Gasteiger partial charge in [-0.05, 0) is 74.9 Å². The zero-order chi connectivity index (χ0) is 30.1. The van der Waals surface area contributed by atoms with Crippen LogP contribution in [0.25, 0.3) is 0 Å². The van der Waals surface area contributed by atoms with Crippen LogP contribution in [0, 0.1) is 0 Å². The molecule has 218 valence electrons. The molecule has 0 fully saturated rings. The Kier molecular flexibility index (Phi) is 8.24. The summed E-state index contributed by atoms with van der Waals surface area (Å²) < 4.78 is 7.72. The number of aromatic nitrogens is 3. The van der Waals surface area contributed by atoms with E-state index in [2.05, 4.69) is 69.1 Å². The first-order valence-corrected chi connectivity index (χ1v) is 14.7. The fraction of sp³-hybridized carbons (Fsp3) is 0.353. The van der Waals surface area contributed by atoms with E-state index in [1.807, 2.05) is 65.0 Å². The van der Waals surface area contributed by atoms with Crippen LogP contribution < -0.4 is 10.1 Å². The summed E-state index contributed by atoms with van der Waals surface area (Å²) in [6.07, 6.45) is 1.06. The van der Waals surface area contributed by atoms with Crippen LogP contribution in [0.5, 0.6) is 5.75 Å². The highest BCUT2D eigenvalue weighted by Gasteiger charge is 2.46. The molecular weight excluding hydrogens is 546 g/mol. The molecule has 2 heterocycles. The molecule has 0 saturated carbocycles. The molecule has 1 N–H and O–H groups in total. The van der Waals surface area contributed by atoms with Gasteiger partial charge in [-0.15, -0.1) is 21.8 Å². The third-order valence-corrected chi connectivity index (χ3v) is 8.87. The number of ether oxygens (including phenoxy) is 1. The summed E-state index contributed by atoms with van der Waals surface area (Å²) in [5.74, 6) is 1.66. The first kappa shape index (κ1) is 29.5. The van der Waals surface area contributed by atoms with Crippen molar-refractivity contribution < 1.29 is 9.53 Å². The number of carbonyl (C=O) groups excluding carboxylic acids is 1. The van der Waals surface area contributed by atoms with Crippen LogP contribution in [0.15, 0.2) is 84.0 Å². The minimum absolute atomic E-state index is 0.219. The molecule has 1 amide bonds. The number of nitrogens with one attached hydrogen (secondary N) is 1. The van der Waals surface area contributed by atoms with Gasteiger partial charge in [0, 0.05) is 11.0 Å². The minimum atomic E-state index is -0.695.